The van der Waals surface area contributed by atoms with E-state index >= 15 is 0 Å². The van der Waals surface area contributed by atoms with E-state index in [-0.39, 0.29) is 0 Å². The van der Waals surface area contributed by atoms with Gasteiger partial charge in [-0.3, -0.25) is 0 Å². The van der Waals surface area contributed by atoms with Crippen LogP contribution in [0.5, 0.6) is 11.5 Å². The van der Waals surface area contributed by atoms with E-state index in [4.69, 9.17) is 9.47 Å². The third-order valence-corrected chi connectivity index (χ3v) is 3.31. The van der Waals surface area contributed by atoms with Gasteiger partial charge in [-0.25, -0.2) is 0 Å². The second-order valence-electron chi connectivity index (χ2n) is 5.39. The summed E-state index contributed by atoms with van der Waals surface area (Å²) in [4.78, 5) is 0. The summed E-state index contributed by atoms with van der Waals surface area (Å²) in [5.41, 5.74) is 2.47. The van der Waals surface area contributed by atoms with Gasteiger partial charge in [-0.1, -0.05) is 24.3 Å². The van der Waals surface area contributed by atoms with Crippen molar-refractivity contribution in [3.05, 3.63) is 59.7 Å². The van der Waals surface area contributed by atoms with Gasteiger partial charge >= 0.3 is 0 Å². The van der Waals surface area contributed by atoms with E-state index in [0.717, 1.165) is 44.0 Å². The van der Waals surface area contributed by atoms with E-state index < -0.39 is 0 Å². The Kier molecular flexibility index (Phi) is 6.14. The van der Waals surface area contributed by atoms with Crippen molar-refractivity contribution in [3.8, 4) is 11.5 Å². The Hall–Kier alpha value is -1.96. The van der Waals surface area contributed by atoms with Gasteiger partial charge in [0.1, 0.15) is 11.5 Å². The molecule has 2 aromatic rings. The summed E-state index contributed by atoms with van der Waals surface area (Å²) in [6.07, 6.45) is 3.24. The molecule has 0 spiro atoms. The maximum atomic E-state index is 5.73. The number of hydrogen-bond donors (Lipinski definition) is 0. The van der Waals surface area contributed by atoms with E-state index in [9.17, 15) is 0 Å². The molecule has 0 heterocycles. The molecule has 2 nitrogen and oxygen atoms in total. The lowest BCUT2D eigenvalue weighted by atomic mass is 10.2. The Bertz CT molecular complexity index is 499. The highest BCUT2D eigenvalue weighted by atomic mass is 16.5. The molecule has 21 heavy (non-hydrogen) atoms. The normalized spacial score (nSPS) is 10.4. The lowest BCUT2D eigenvalue weighted by Gasteiger charge is -2.08. The van der Waals surface area contributed by atoms with Crippen LogP contribution in [0.15, 0.2) is 48.5 Å². The first kappa shape index (κ1) is 15.4. The molecule has 0 aliphatic carbocycles. The number of ether oxygens (including phenoxy) is 2. The second kappa shape index (κ2) is 8.35. The van der Waals surface area contributed by atoms with Crippen LogP contribution in [0.4, 0.5) is 0 Å². The van der Waals surface area contributed by atoms with Gasteiger partial charge in [-0.2, -0.15) is 0 Å². The van der Waals surface area contributed by atoms with E-state index in [0.29, 0.717) is 0 Å². The molecule has 0 aliphatic heterocycles. The lowest BCUT2D eigenvalue weighted by molar-refractivity contribution is 0.279. The second-order valence-corrected chi connectivity index (χ2v) is 5.39. The summed E-state index contributed by atoms with van der Waals surface area (Å²) in [5, 5.41) is 0. The topological polar surface area (TPSA) is 18.5 Å². The van der Waals surface area contributed by atoms with Crippen molar-refractivity contribution < 1.29 is 9.47 Å². The summed E-state index contributed by atoms with van der Waals surface area (Å²) in [7, 11) is 0. The maximum absolute atomic E-state index is 5.73. The van der Waals surface area contributed by atoms with Crippen molar-refractivity contribution in [2.24, 2.45) is 0 Å². The summed E-state index contributed by atoms with van der Waals surface area (Å²) in [6, 6.07) is 16.4. The minimum atomic E-state index is 0.772. The fourth-order valence-corrected chi connectivity index (χ4v) is 2.17. The predicted octanol–water partition coefficient (Wildman–Crippen LogP) is 4.93. The summed E-state index contributed by atoms with van der Waals surface area (Å²) in [6.45, 7) is 5.70. The number of unbranched alkanes of at least 4 members (excludes halogenated alkanes) is 2. The van der Waals surface area contributed by atoms with Gasteiger partial charge in [0, 0.05) is 0 Å². The van der Waals surface area contributed by atoms with Gasteiger partial charge in [0.2, 0.25) is 0 Å². The largest absolute Gasteiger partial charge is 0.494 e. The predicted molar refractivity (Wildman–Crippen MR) is 87.2 cm³/mol. The molecule has 112 valence electrons. The zero-order chi connectivity index (χ0) is 14.9. The number of benzene rings is 2. The first-order valence-electron chi connectivity index (χ1n) is 7.63. The van der Waals surface area contributed by atoms with Crippen LogP contribution in [-0.4, -0.2) is 13.2 Å². The molecule has 0 unspecified atom stereocenters. The van der Waals surface area contributed by atoms with Crippen LogP contribution in [0, 0.1) is 13.8 Å². The van der Waals surface area contributed by atoms with Gasteiger partial charge in [0.05, 0.1) is 13.2 Å². The van der Waals surface area contributed by atoms with E-state index in [1.165, 1.54) is 11.1 Å². The number of rotatable bonds is 8. The van der Waals surface area contributed by atoms with Crippen LogP contribution < -0.4 is 9.47 Å². The maximum Gasteiger partial charge on any atom is 0.119 e. The minimum absolute atomic E-state index is 0.772. The van der Waals surface area contributed by atoms with Crippen LogP contribution in [0.2, 0.25) is 0 Å². The highest BCUT2D eigenvalue weighted by molar-refractivity contribution is 5.28. The van der Waals surface area contributed by atoms with Gasteiger partial charge < -0.3 is 9.47 Å². The Morgan fingerprint density at radius 2 is 1.14 bits per heavy atom. The quantitative estimate of drug-likeness (QED) is 0.640. The molecular weight excluding hydrogens is 260 g/mol. The lowest BCUT2D eigenvalue weighted by Crippen LogP contribution is -2.01. The van der Waals surface area contributed by atoms with E-state index in [1.807, 2.05) is 24.3 Å². The third-order valence-electron chi connectivity index (χ3n) is 3.31. The smallest absolute Gasteiger partial charge is 0.119 e. The molecule has 2 rings (SSSR count). The Morgan fingerprint density at radius 1 is 0.667 bits per heavy atom. The monoisotopic (exact) mass is 284 g/mol. The average Bonchev–Trinajstić information content (AvgIpc) is 2.46. The van der Waals surface area contributed by atoms with Crippen LogP contribution in [0.25, 0.3) is 0 Å². The molecule has 0 radical (unpaired) electrons. The van der Waals surface area contributed by atoms with E-state index in [2.05, 4.69) is 38.1 Å². The van der Waals surface area contributed by atoms with Crippen LogP contribution >= 0.6 is 0 Å². The highest BCUT2D eigenvalue weighted by Gasteiger charge is 1.96. The Balaban J connectivity index is 1.54. The van der Waals surface area contributed by atoms with Crippen LogP contribution in [0.3, 0.4) is 0 Å². The summed E-state index contributed by atoms with van der Waals surface area (Å²) in [5.74, 6) is 1.93. The molecule has 0 atom stereocenters. The van der Waals surface area contributed by atoms with Crippen molar-refractivity contribution in [2.45, 2.75) is 33.1 Å². The van der Waals surface area contributed by atoms with Crippen molar-refractivity contribution in [1.29, 1.82) is 0 Å². The van der Waals surface area contributed by atoms with Gasteiger partial charge in [-0.05, 0) is 68.5 Å². The fourth-order valence-electron chi connectivity index (χ4n) is 2.17. The minimum Gasteiger partial charge on any atom is -0.494 e. The molecule has 0 N–H and O–H groups in total. The standard InChI is InChI=1S/C19H24O2/c1-16-8-6-10-18(14-16)20-12-4-3-5-13-21-19-11-7-9-17(2)15-19/h6-11,14-15H,3-5,12-13H2,1-2H3. The molecule has 0 saturated carbocycles. The third kappa shape index (κ3) is 5.90. The van der Waals surface area contributed by atoms with Crippen molar-refractivity contribution >= 4 is 0 Å². The number of hydrogen-bond acceptors (Lipinski definition) is 2. The molecule has 2 aromatic carbocycles. The van der Waals surface area contributed by atoms with Gasteiger partial charge in [0.15, 0.2) is 0 Å². The van der Waals surface area contributed by atoms with Gasteiger partial charge in [-0.15, -0.1) is 0 Å². The molecule has 0 fully saturated rings. The van der Waals surface area contributed by atoms with Crippen molar-refractivity contribution in [2.75, 3.05) is 13.2 Å². The molecular formula is C19H24O2. The molecule has 0 saturated heterocycles. The zero-order valence-corrected chi connectivity index (χ0v) is 13.0. The number of aryl methyl sites for hydroxylation is 2. The average molecular weight is 284 g/mol. The SMILES string of the molecule is Cc1cccc(OCCCCCOc2cccc(C)c2)c1. The molecule has 0 amide bonds. The zero-order valence-electron chi connectivity index (χ0n) is 13.0. The Labute approximate surface area is 127 Å². The first-order valence-corrected chi connectivity index (χ1v) is 7.63. The molecule has 0 aromatic heterocycles. The molecule has 0 aliphatic rings. The summed E-state index contributed by atoms with van der Waals surface area (Å²) >= 11 is 0. The molecule has 0 bridgehead atoms. The highest BCUT2D eigenvalue weighted by Crippen LogP contribution is 2.14. The van der Waals surface area contributed by atoms with Crippen LogP contribution in [-0.2, 0) is 0 Å². The van der Waals surface area contributed by atoms with Crippen molar-refractivity contribution in [3.63, 3.8) is 0 Å². The van der Waals surface area contributed by atoms with Crippen molar-refractivity contribution in [1.82, 2.24) is 0 Å². The summed E-state index contributed by atoms with van der Waals surface area (Å²) < 4.78 is 11.5. The van der Waals surface area contributed by atoms with E-state index in [1.54, 1.807) is 0 Å². The van der Waals surface area contributed by atoms with Crippen LogP contribution in [0.1, 0.15) is 30.4 Å². The molecule has 2 heteroatoms. The fraction of sp³-hybridized carbons (Fsp3) is 0.368. The van der Waals surface area contributed by atoms with Gasteiger partial charge in [0.25, 0.3) is 0 Å². The Morgan fingerprint density at radius 3 is 1.57 bits per heavy atom. The first-order chi connectivity index (χ1) is 10.2.